The van der Waals surface area contributed by atoms with Crippen molar-refractivity contribution in [2.24, 2.45) is 0 Å². The molecule has 0 amide bonds. The van der Waals surface area contributed by atoms with Crippen molar-refractivity contribution in [1.82, 2.24) is 12.3 Å². The van der Waals surface area contributed by atoms with Gasteiger partial charge in [0.1, 0.15) is 0 Å². The molecular weight excluding hydrogens is 215 g/mol. The van der Waals surface area contributed by atoms with Crippen LogP contribution in [0.5, 0.6) is 0 Å². The normalized spacial score (nSPS) is 7.64. The molecule has 0 saturated carbocycles. The number of phosphoric acid groups is 1. The molecule has 10 N–H and O–H groups in total. The average molecular weight is 238 g/mol. The lowest BCUT2D eigenvalue weighted by Crippen LogP contribution is -1.76. The number of aliphatic hydroxyl groups is 2. The van der Waals surface area contributed by atoms with E-state index in [9.17, 15) is 4.57 Å². The molecule has 0 saturated heterocycles. The van der Waals surface area contributed by atoms with Gasteiger partial charge in [0.15, 0.2) is 0 Å². The van der Waals surface area contributed by atoms with Gasteiger partial charge >= 0.3 is 7.82 Å². The summed E-state index contributed by atoms with van der Waals surface area (Å²) in [7, 11) is -3.20. The van der Waals surface area contributed by atoms with Gasteiger partial charge in [0.25, 0.3) is 0 Å². The van der Waals surface area contributed by atoms with Crippen molar-refractivity contribution in [3.63, 3.8) is 0 Å². The van der Waals surface area contributed by atoms with Crippen LogP contribution in [0.4, 0.5) is 0 Å². The van der Waals surface area contributed by atoms with Crippen LogP contribution < -0.4 is 12.3 Å². The lowest BCUT2D eigenvalue weighted by molar-refractivity contribution is 0.235. The van der Waals surface area contributed by atoms with E-state index < -0.39 is 7.82 Å². The first kappa shape index (κ1) is 29.2. The number of hydrogen-bond donors (Lipinski definition) is 6. The number of hydrogen-bond acceptors (Lipinski definition) is 6. The van der Waals surface area contributed by atoms with Crippen molar-refractivity contribution in [3.05, 3.63) is 0 Å². The van der Waals surface area contributed by atoms with E-state index in [0.29, 0.717) is 0 Å². The van der Waals surface area contributed by atoms with E-state index in [2.05, 4.69) is 4.52 Å². The molecule has 9 heteroatoms. The van der Waals surface area contributed by atoms with Crippen LogP contribution >= 0.6 is 7.82 Å². The maximum Gasteiger partial charge on any atom is 0.469 e. The zero-order chi connectivity index (χ0) is 10.6. The van der Waals surface area contributed by atoms with Crippen molar-refractivity contribution >= 4 is 7.82 Å². The fourth-order valence-corrected chi connectivity index (χ4v) is 0. The Morgan fingerprint density at radius 1 is 1.07 bits per heavy atom. The first-order chi connectivity index (χ1) is 5.39. The van der Waals surface area contributed by atoms with E-state index in [1.54, 1.807) is 13.8 Å². The van der Waals surface area contributed by atoms with Crippen LogP contribution in [0.25, 0.3) is 0 Å². The second-order valence-corrected chi connectivity index (χ2v) is 2.65. The van der Waals surface area contributed by atoms with Gasteiger partial charge in [-0.3, -0.25) is 4.52 Å². The highest BCUT2D eigenvalue weighted by atomic mass is 31.2. The van der Waals surface area contributed by atoms with Gasteiger partial charge < -0.3 is 32.3 Å². The van der Waals surface area contributed by atoms with Crippen molar-refractivity contribution in [1.29, 1.82) is 0 Å². The number of aliphatic hydroxyl groups excluding tert-OH is 2. The Kier molecular flexibility index (Phi) is 48.2. The van der Waals surface area contributed by atoms with Crippen LogP contribution in [-0.4, -0.2) is 40.3 Å². The molecule has 0 aromatic carbocycles. The van der Waals surface area contributed by atoms with Gasteiger partial charge in [-0.25, -0.2) is 4.57 Å². The summed E-state index contributed by atoms with van der Waals surface area (Å²) in [6.07, 6.45) is 0. The fraction of sp³-hybridized carbons (Fsp3) is 1.00. The third-order valence-corrected chi connectivity index (χ3v) is 0.714. The molecular formula is C5H23N2O6P. The Morgan fingerprint density at radius 3 is 1.14 bits per heavy atom. The Morgan fingerprint density at radius 2 is 1.14 bits per heavy atom. The van der Waals surface area contributed by atoms with E-state index in [1.807, 2.05) is 0 Å². The van der Waals surface area contributed by atoms with Crippen LogP contribution in [0.2, 0.25) is 0 Å². The standard InChI is InChI=1S/2C2H6O.CH5O4P.2H3N/c2*1-2-3;1-5-6(2,3)4;;/h2*3H,2H2,1H3;1H3,(H2,2,3,4);2*1H3. The summed E-state index contributed by atoms with van der Waals surface area (Å²) in [5.41, 5.74) is 0. The Balaban J connectivity index is -0.0000000297. The fourth-order valence-electron chi connectivity index (χ4n) is 0. The van der Waals surface area contributed by atoms with E-state index in [0.717, 1.165) is 7.11 Å². The zero-order valence-electron chi connectivity index (χ0n) is 8.88. The summed E-state index contributed by atoms with van der Waals surface area (Å²) in [5, 5.41) is 15.1. The third-order valence-electron chi connectivity index (χ3n) is 0.238. The molecule has 94 valence electrons. The maximum absolute atomic E-state index is 9.47. The number of phosphoric ester groups is 1. The van der Waals surface area contributed by atoms with Gasteiger partial charge in [0.2, 0.25) is 0 Å². The molecule has 0 fully saturated rings. The van der Waals surface area contributed by atoms with Crippen LogP contribution in [-0.2, 0) is 9.09 Å². The molecule has 0 rings (SSSR count). The highest BCUT2D eigenvalue weighted by Crippen LogP contribution is 2.33. The minimum atomic E-state index is -4.15. The van der Waals surface area contributed by atoms with Crippen molar-refractivity contribution in [2.75, 3.05) is 20.3 Å². The smallest absolute Gasteiger partial charge is 0.397 e. The van der Waals surface area contributed by atoms with Gasteiger partial charge in [-0.15, -0.1) is 0 Å². The van der Waals surface area contributed by atoms with Crippen LogP contribution in [0.1, 0.15) is 13.8 Å². The van der Waals surface area contributed by atoms with Gasteiger partial charge in [-0.05, 0) is 13.8 Å². The first-order valence-corrected chi connectivity index (χ1v) is 4.75. The summed E-state index contributed by atoms with van der Waals surface area (Å²) >= 11 is 0. The molecule has 0 bridgehead atoms. The molecule has 0 aromatic rings. The summed E-state index contributed by atoms with van der Waals surface area (Å²) < 4.78 is 13.1. The molecule has 0 aliphatic rings. The van der Waals surface area contributed by atoms with E-state index in [1.165, 1.54) is 0 Å². The largest absolute Gasteiger partial charge is 0.469 e. The Bertz CT molecular complexity index is 106. The SMILES string of the molecule is CCO.CCO.COP(=O)(O)O.N.N. The molecule has 14 heavy (non-hydrogen) atoms. The lowest BCUT2D eigenvalue weighted by atomic mass is 10.9. The van der Waals surface area contributed by atoms with Crippen molar-refractivity contribution in [3.8, 4) is 0 Å². The molecule has 0 aliphatic heterocycles. The Hall–Kier alpha value is -0.0500. The van der Waals surface area contributed by atoms with Crippen molar-refractivity contribution < 1.29 is 29.1 Å². The van der Waals surface area contributed by atoms with Crippen molar-refractivity contribution in [2.45, 2.75) is 13.8 Å². The zero-order valence-corrected chi connectivity index (χ0v) is 9.78. The molecule has 8 nitrogen and oxygen atoms in total. The molecule has 0 atom stereocenters. The van der Waals surface area contributed by atoms with E-state index >= 15 is 0 Å². The predicted molar refractivity (Wildman–Crippen MR) is 54.6 cm³/mol. The third kappa shape index (κ3) is 165. The average Bonchev–Trinajstić information content (AvgIpc) is 1.90. The molecule has 0 aromatic heterocycles. The van der Waals surface area contributed by atoms with Gasteiger partial charge in [0, 0.05) is 20.3 Å². The minimum Gasteiger partial charge on any atom is -0.397 e. The quantitative estimate of drug-likeness (QED) is 0.347. The Labute approximate surface area is 84.3 Å². The van der Waals surface area contributed by atoms with Crippen LogP contribution in [0.3, 0.4) is 0 Å². The predicted octanol–water partition coefficient (Wildman–Crippen LogP) is 0.0467. The molecule has 0 heterocycles. The first-order valence-electron chi connectivity index (χ1n) is 3.22. The summed E-state index contributed by atoms with van der Waals surface area (Å²) in [5.74, 6) is 0. The summed E-state index contributed by atoms with van der Waals surface area (Å²) in [6, 6.07) is 0. The molecule has 0 radical (unpaired) electrons. The lowest BCUT2D eigenvalue weighted by Gasteiger charge is -1.93. The van der Waals surface area contributed by atoms with Crippen LogP contribution in [0.15, 0.2) is 0 Å². The topological polar surface area (TPSA) is 177 Å². The highest BCUT2D eigenvalue weighted by molar-refractivity contribution is 7.46. The summed E-state index contributed by atoms with van der Waals surface area (Å²) in [4.78, 5) is 15.4. The second kappa shape index (κ2) is 23.1. The van der Waals surface area contributed by atoms with Gasteiger partial charge in [0.05, 0.1) is 0 Å². The van der Waals surface area contributed by atoms with E-state index in [4.69, 9.17) is 20.0 Å². The highest BCUT2D eigenvalue weighted by Gasteiger charge is 2.07. The monoisotopic (exact) mass is 238 g/mol. The molecule has 0 spiro atoms. The maximum atomic E-state index is 9.47. The van der Waals surface area contributed by atoms with E-state index in [-0.39, 0.29) is 25.5 Å². The van der Waals surface area contributed by atoms with Gasteiger partial charge in [-0.2, -0.15) is 0 Å². The minimum absolute atomic E-state index is 0. The number of rotatable bonds is 1. The van der Waals surface area contributed by atoms with Crippen LogP contribution in [0, 0.1) is 0 Å². The molecule has 0 aliphatic carbocycles. The summed E-state index contributed by atoms with van der Waals surface area (Å²) in [6.45, 7) is 3.86. The van der Waals surface area contributed by atoms with Gasteiger partial charge in [-0.1, -0.05) is 0 Å². The molecule has 0 unspecified atom stereocenters. The second-order valence-electron chi connectivity index (χ2n) is 1.31.